The van der Waals surface area contributed by atoms with Crippen LogP contribution in [0.5, 0.6) is 0 Å². The second kappa shape index (κ2) is 7.27. The number of nitrogens with one attached hydrogen (secondary N) is 2. The molecule has 2 saturated heterocycles. The maximum absolute atomic E-state index is 12.2. The summed E-state index contributed by atoms with van der Waals surface area (Å²) in [6.07, 6.45) is 3.92. The van der Waals surface area contributed by atoms with Crippen LogP contribution in [-0.2, 0) is 4.79 Å². The lowest BCUT2D eigenvalue weighted by Crippen LogP contribution is -2.46. The first-order valence-electron chi connectivity index (χ1n) is 9.28. The van der Waals surface area contributed by atoms with Gasteiger partial charge in [0, 0.05) is 31.7 Å². The van der Waals surface area contributed by atoms with Crippen LogP contribution in [-0.4, -0.2) is 66.2 Å². The van der Waals surface area contributed by atoms with Gasteiger partial charge in [-0.25, -0.2) is 4.79 Å². The SMILES string of the molecule is CC(C)NC(=O)N1C[C@H]2C[C@@H](NCC(=O)N3CCC[C@H]3N)C[C@H]2C1. The number of rotatable bonds is 4. The number of nitrogens with zero attached hydrogens (tertiary/aromatic N) is 2. The fourth-order valence-corrected chi connectivity index (χ4v) is 4.41. The Bertz CT molecular complexity index is 470. The molecule has 136 valence electrons. The van der Waals surface area contributed by atoms with Crippen LogP contribution in [0, 0.1) is 11.8 Å². The van der Waals surface area contributed by atoms with E-state index in [9.17, 15) is 9.59 Å². The van der Waals surface area contributed by atoms with Crippen LogP contribution in [0.25, 0.3) is 0 Å². The van der Waals surface area contributed by atoms with Crippen LogP contribution >= 0.6 is 0 Å². The molecule has 0 radical (unpaired) electrons. The lowest BCUT2D eigenvalue weighted by Gasteiger charge is -2.24. The first-order valence-corrected chi connectivity index (χ1v) is 9.28. The zero-order valence-corrected chi connectivity index (χ0v) is 14.8. The normalized spacial score (nSPS) is 32.5. The third-order valence-corrected chi connectivity index (χ3v) is 5.61. The number of urea groups is 1. The third-order valence-electron chi connectivity index (χ3n) is 5.61. The molecule has 0 aromatic heterocycles. The van der Waals surface area contributed by atoms with Crippen LogP contribution < -0.4 is 16.4 Å². The van der Waals surface area contributed by atoms with Gasteiger partial charge in [-0.05, 0) is 51.4 Å². The number of nitrogens with two attached hydrogens (primary N) is 1. The molecule has 4 N–H and O–H groups in total. The molecule has 0 bridgehead atoms. The van der Waals surface area contributed by atoms with E-state index in [0.29, 0.717) is 24.4 Å². The molecule has 2 aliphatic heterocycles. The number of likely N-dealkylation sites (tertiary alicyclic amines) is 2. The van der Waals surface area contributed by atoms with Gasteiger partial charge in [0.05, 0.1) is 12.7 Å². The fraction of sp³-hybridized carbons (Fsp3) is 0.882. The van der Waals surface area contributed by atoms with Crippen molar-refractivity contribution in [1.82, 2.24) is 20.4 Å². The molecule has 24 heavy (non-hydrogen) atoms. The summed E-state index contributed by atoms with van der Waals surface area (Å²) in [7, 11) is 0. The quantitative estimate of drug-likeness (QED) is 0.689. The maximum atomic E-state index is 12.2. The Hall–Kier alpha value is -1.34. The largest absolute Gasteiger partial charge is 0.336 e. The van der Waals surface area contributed by atoms with E-state index < -0.39 is 0 Å². The highest BCUT2D eigenvalue weighted by molar-refractivity contribution is 5.78. The highest BCUT2D eigenvalue weighted by Gasteiger charge is 2.42. The minimum atomic E-state index is -0.102. The van der Waals surface area contributed by atoms with Crippen LogP contribution in [0.2, 0.25) is 0 Å². The van der Waals surface area contributed by atoms with E-state index in [-0.39, 0.29) is 24.1 Å². The van der Waals surface area contributed by atoms with Crippen molar-refractivity contribution in [2.75, 3.05) is 26.2 Å². The number of hydrogen-bond acceptors (Lipinski definition) is 4. The summed E-state index contributed by atoms with van der Waals surface area (Å²) in [6, 6.07) is 0.621. The maximum Gasteiger partial charge on any atom is 0.317 e. The molecule has 2 heterocycles. The summed E-state index contributed by atoms with van der Waals surface area (Å²) in [5.74, 6) is 1.24. The molecule has 7 heteroatoms. The van der Waals surface area contributed by atoms with E-state index in [2.05, 4.69) is 10.6 Å². The second-order valence-electron chi connectivity index (χ2n) is 7.88. The van der Waals surface area contributed by atoms with Gasteiger partial charge in [0.1, 0.15) is 0 Å². The Balaban J connectivity index is 1.40. The van der Waals surface area contributed by atoms with Gasteiger partial charge in [0.25, 0.3) is 0 Å². The predicted molar refractivity (Wildman–Crippen MR) is 92.2 cm³/mol. The van der Waals surface area contributed by atoms with Gasteiger partial charge in [-0.15, -0.1) is 0 Å². The van der Waals surface area contributed by atoms with Gasteiger partial charge in [-0.1, -0.05) is 0 Å². The van der Waals surface area contributed by atoms with Crippen LogP contribution in [0.4, 0.5) is 4.79 Å². The van der Waals surface area contributed by atoms with Gasteiger partial charge in [0.2, 0.25) is 5.91 Å². The van der Waals surface area contributed by atoms with E-state index in [1.807, 2.05) is 18.7 Å². The summed E-state index contributed by atoms with van der Waals surface area (Å²) in [4.78, 5) is 28.1. The smallest absolute Gasteiger partial charge is 0.317 e. The number of hydrogen-bond donors (Lipinski definition) is 3. The van der Waals surface area contributed by atoms with E-state index in [4.69, 9.17) is 5.73 Å². The van der Waals surface area contributed by atoms with E-state index in [1.165, 1.54) is 0 Å². The molecule has 0 aromatic rings. The monoisotopic (exact) mass is 337 g/mol. The van der Waals surface area contributed by atoms with Gasteiger partial charge in [-0.3, -0.25) is 4.79 Å². The minimum absolute atomic E-state index is 0.0575. The topological polar surface area (TPSA) is 90.7 Å². The van der Waals surface area contributed by atoms with Gasteiger partial charge < -0.3 is 26.2 Å². The zero-order chi connectivity index (χ0) is 17.3. The summed E-state index contributed by atoms with van der Waals surface area (Å²) >= 11 is 0. The van der Waals surface area contributed by atoms with Gasteiger partial charge in [-0.2, -0.15) is 0 Å². The van der Waals surface area contributed by atoms with E-state index in [1.54, 1.807) is 4.90 Å². The Labute approximate surface area is 144 Å². The average molecular weight is 337 g/mol. The van der Waals surface area contributed by atoms with Crippen LogP contribution in [0.15, 0.2) is 0 Å². The Morgan fingerprint density at radius 1 is 1.21 bits per heavy atom. The van der Waals surface area contributed by atoms with Crippen molar-refractivity contribution in [2.24, 2.45) is 17.6 Å². The molecular formula is C17H31N5O2. The van der Waals surface area contributed by atoms with E-state index >= 15 is 0 Å². The Morgan fingerprint density at radius 2 is 1.88 bits per heavy atom. The highest BCUT2D eigenvalue weighted by atomic mass is 16.2. The third kappa shape index (κ3) is 3.83. The summed E-state index contributed by atoms with van der Waals surface area (Å²) < 4.78 is 0. The Kier molecular flexibility index (Phi) is 5.30. The molecule has 7 nitrogen and oxygen atoms in total. The molecule has 0 aromatic carbocycles. The molecule has 4 atom stereocenters. The van der Waals surface area contributed by atoms with Crippen molar-refractivity contribution in [3.05, 3.63) is 0 Å². The van der Waals surface area contributed by atoms with Crippen molar-refractivity contribution in [1.29, 1.82) is 0 Å². The fourth-order valence-electron chi connectivity index (χ4n) is 4.41. The molecule has 3 rings (SSSR count). The van der Waals surface area contributed by atoms with Crippen molar-refractivity contribution in [3.8, 4) is 0 Å². The molecule has 1 aliphatic carbocycles. The number of carbonyl (C=O) groups excluding carboxylic acids is 2. The van der Waals surface area contributed by atoms with Crippen molar-refractivity contribution in [2.45, 2.75) is 57.8 Å². The number of amides is 3. The molecule has 3 amide bonds. The molecular weight excluding hydrogens is 306 g/mol. The zero-order valence-electron chi connectivity index (χ0n) is 14.8. The number of fused-ring (bicyclic) bond motifs is 1. The summed E-state index contributed by atoms with van der Waals surface area (Å²) in [5.41, 5.74) is 5.95. The molecule has 0 unspecified atom stereocenters. The summed E-state index contributed by atoms with van der Waals surface area (Å²) in [5, 5.41) is 6.39. The molecule has 3 fully saturated rings. The summed E-state index contributed by atoms with van der Waals surface area (Å²) in [6.45, 7) is 6.82. The van der Waals surface area contributed by atoms with E-state index in [0.717, 1.165) is 45.3 Å². The van der Waals surface area contributed by atoms with Crippen molar-refractivity contribution < 1.29 is 9.59 Å². The second-order valence-corrected chi connectivity index (χ2v) is 7.88. The first kappa shape index (κ1) is 17.5. The van der Waals surface area contributed by atoms with Crippen molar-refractivity contribution in [3.63, 3.8) is 0 Å². The first-order chi connectivity index (χ1) is 11.4. The predicted octanol–water partition coefficient (Wildman–Crippen LogP) is 0.312. The van der Waals surface area contributed by atoms with Crippen LogP contribution in [0.3, 0.4) is 0 Å². The molecule has 1 saturated carbocycles. The average Bonchev–Trinajstić information content (AvgIpc) is 3.17. The lowest BCUT2D eigenvalue weighted by atomic mass is 10.0. The van der Waals surface area contributed by atoms with Crippen LogP contribution in [0.1, 0.15) is 39.5 Å². The standard InChI is InChI=1S/C17H31N5O2/c1-11(2)20-17(24)21-9-12-6-14(7-13(12)10-21)19-8-16(23)22-5-3-4-15(22)18/h11-15,19H,3-10,18H2,1-2H3,(H,20,24)/t12-,13+,14-,15-/m0/s1. The minimum Gasteiger partial charge on any atom is -0.336 e. The van der Waals surface area contributed by atoms with Gasteiger partial charge in [0.15, 0.2) is 0 Å². The highest BCUT2D eigenvalue weighted by Crippen LogP contribution is 2.38. The van der Waals surface area contributed by atoms with Gasteiger partial charge >= 0.3 is 6.03 Å². The number of carbonyl (C=O) groups is 2. The Morgan fingerprint density at radius 3 is 2.42 bits per heavy atom. The molecule has 3 aliphatic rings. The molecule has 0 spiro atoms. The lowest BCUT2D eigenvalue weighted by molar-refractivity contribution is -0.131. The van der Waals surface area contributed by atoms with Crippen molar-refractivity contribution >= 4 is 11.9 Å².